The molecule has 86 valence electrons. The molecule has 1 heterocycles. The molecule has 1 aromatic carbocycles. The van der Waals surface area contributed by atoms with Gasteiger partial charge in [-0.1, -0.05) is 17.7 Å². The molecule has 0 saturated carbocycles. The Balaban J connectivity index is 2.04. The maximum absolute atomic E-state index is 6.05. The number of halogens is 1. The van der Waals surface area contributed by atoms with Crippen LogP contribution in [0.2, 0.25) is 5.02 Å². The van der Waals surface area contributed by atoms with E-state index in [0.717, 1.165) is 31.2 Å². The van der Waals surface area contributed by atoms with Crippen LogP contribution in [0.5, 0.6) is 0 Å². The Kier molecular flexibility index (Phi) is 2.66. The number of morpholine rings is 1. The molecule has 1 fully saturated rings. The van der Waals surface area contributed by atoms with Gasteiger partial charge in [0.2, 0.25) is 0 Å². The van der Waals surface area contributed by atoms with Crippen molar-refractivity contribution >= 4 is 11.6 Å². The summed E-state index contributed by atoms with van der Waals surface area (Å²) in [7, 11) is 0. The molecule has 2 nitrogen and oxygen atoms in total. The van der Waals surface area contributed by atoms with Crippen LogP contribution in [0.1, 0.15) is 24.0 Å². The molecule has 1 atom stereocenters. The predicted molar refractivity (Wildman–Crippen MR) is 64.9 cm³/mol. The Bertz CT molecular complexity index is 399. The van der Waals surface area contributed by atoms with Crippen LogP contribution in [0.3, 0.4) is 0 Å². The second-order valence-corrected chi connectivity index (χ2v) is 5.15. The first-order valence-corrected chi connectivity index (χ1v) is 6.30. The minimum absolute atomic E-state index is 0.0520. The Morgan fingerprint density at radius 3 is 3.12 bits per heavy atom. The van der Waals surface area contributed by atoms with Crippen molar-refractivity contribution in [2.75, 3.05) is 19.8 Å². The molecular formula is C13H16ClNO. The van der Waals surface area contributed by atoms with E-state index in [1.807, 2.05) is 6.07 Å². The van der Waals surface area contributed by atoms with Gasteiger partial charge in [0.15, 0.2) is 0 Å². The van der Waals surface area contributed by atoms with E-state index < -0.39 is 0 Å². The lowest BCUT2D eigenvalue weighted by Gasteiger charge is -2.42. The molecule has 1 aliphatic carbocycles. The molecule has 2 aliphatic rings. The van der Waals surface area contributed by atoms with Crippen molar-refractivity contribution < 1.29 is 4.74 Å². The molecule has 0 aromatic heterocycles. The van der Waals surface area contributed by atoms with Crippen LogP contribution in [0, 0.1) is 0 Å². The minimum atomic E-state index is 0.0520. The molecule has 1 saturated heterocycles. The summed E-state index contributed by atoms with van der Waals surface area (Å²) in [4.78, 5) is 0. The van der Waals surface area contributed by atoms with Crippen molar-refractivity contribution in [1.82, 2.24) is 5.32 Å². The highest BCUT2D eigenvalue weighted by atomic mass is 35.5. The lowest BCUT2D eigenvalue weighted by molar-refractivity contribution is 0.0169. The largest absolute Gasteiger partial charge is 0.378 e. The van der Waals surface area contributed by atoms with Gasteiger partial charge in [0.05, 0.1) is 18.8 Å². The zero-order valence-corrected chi connectivity index (χ0v) is 10.0. The maximum atomic E-state index is 6.05. The molecule has 1 N–H and O–H groups in total. The average molecular weight is 238 g/mol. The molecule has 3 rings (SSSR count). The fourth-order valence-electron chi connectivity index (χ4n) is 2.94. The second-order valence-electron chi connectivity index (χ2n) is 4.72. The molecule has 16 heavy (non-hydrogen) atoms. The van der Waals surface area contributed by atoms with E-state index in [9.17, 15) is 0 Å². The standard InChI is InChI=1S/C13H16ClNO/c14-11-3-4-12-10(8-11)2-1-5-13(12)9-16-7-6-15-13/h3-4,8,15H,1-2,5-7,9H2/t13-/m0/s1. The highest BCUT2D eigenvalue weighted by Gasteiger charge is 2.38. The van der Waals surface area contributed by atoms with Crippen LogP contribution in [0.25, 0.3) is 0 Å². The molecule has 1 spiro atoms. The van der Waals surface area contributed by atoms with Crippen LogP contribution in [0.4, 0.5) is 0 Å². The molecule has 3 heteroatoms. The van der Waals surface area contributed by atoms with Crippen molar-refractivity contribution in [3.63, 3.8) is 0 Å². The van der Waals surface area contributed by atoms with E-state index in [-0.39, 0.29) is 5.54 Å². The first-order valence-electron chi connectivity index (χ1n) is 5.92. The average Bonchev–Trinajstić information content (AvgIpc) is 2.30. The summed E-state index contributed by atoms with van der Waals surface area (Å²) in [5.41, 5.74) is 2.83. The Labute approximate surface area is 101 Å². The quantitative estimate of drug-likeness (QED) is 0.749. The number of hydrogen-bond acceptors (Lipinski definition) is 2. The van der Waals surface area contributed by atoms with E-state index in [0.29, 0.717) is 0 Å². The topological polar surface area (TPSA) is 21.3 Å². The number of benzene rings is 1. The van der Waals surface area contributed by atoms with E-state index in [4.69, 9.17) is 16.3 Å². The van der Waals surface area contributed by atoms with Gasteiger partial charge in [-0.3, -0.25) is 0 Å². The lowest BCUT2D eigenvalue weighted by atomic mass is 9.76. The van der Waals surface area contributed by atoms with Gasteiger partial charge in [-0.05, 0) is 42.5 Å². The van der Waals surface area contributed by atoms with Crippen LogP contribution < -0.4 is 5.32 Å². The van der Waals surface area contributed by atoms with Crippen LogP contribution >= 0.6 is 11.6 Å². The van der Waals surface area contributed by atoms with Gasteiger partial charge >= 0.3 is 0 Å². The third kappa shape index (κ3) is 1.65. The summed E-state index contributed by atoms with van der Waals surface area (Å²) in [5.74, 6) is 0. The fourth-order valence-corrected chi connectivity index (χ4v) is 3.14. The summed E-state index contributed by atoms with van der Waals surface area (Å²) in [6.07, 6.45) is 3.52. The molecule has 0 bridgehead atoms. The summed E-state index contributed by atoms with van der Waals surface area (Å²) < 4.78 is 5.65. The first kappa shape index (κ1) is 10.6. The smallest absolute Gasteiger partial charge is 0.0691 e. The Morgan fingerprint density at radius 1 is 1.38 bits per heavy atom. The molecule has 0 unspecified atom stereocenters. The maximum Gasteiger partial charge on any atom is 0.0691 e. The van der Waals surface area contributed by atoms with Crippen molar-refractivity contribution in [2.45, 2.75) is 24.8 Å². The Hall–Kier alpha value is -0.570. The number of ether oxygens (including phenoxy) is 1. The highest BCUT2D eigenvalue weighted by molar-refractivity contribution is 6.30. The third-order valence-electron chi connectivity index (χ3n) is 3.69. The van der Waals surface area contributed by atoms with E-state index in [1.165, 1.54) is 24.0 Å². The number of hydrogen-bond donors (Lipinski definition) is 1. The Morgan fingerprint density at radius 2 is 2.31 bits per heavy atom. The zero-order chi connectivity index (χ0) is 11.0. The van der Waals surface area contributed by atoms with Gasteiger partial charge in [-0.2, -0.15) is 0 Å². The van der Waals surface area contributed by atoms with E-state index in [2.05, 4.69) is 17.4 Å². The molecule has 0 amide bonds. The van der Waals surface area contributed by atoms with E-state index >= 15 is 0 Å². The molecule has 1 aromatic rings. The SMILES string of the molecule is Clc1ccc2c(c1)CCC[C@]21COCCN1. The summed E-state index contributed by atoms with van der Waals surface area (Å²) in [5, 5.41) is 4.48. The summed E-state index contributed by atoms with van der Waals surface area (Å²) in [6, 6.07) is 6.26. The van der Waals surface area contributed by atoms with Crippen molar-refractivity contribution in [1.29, 1.82) is 0 Å². The molecular weight excluding hydrogens is 222 g/mol. The number of nitrogens with one attached hydrogen (secondary N) is 1. The second kappa shape index (κ2) is 4.02. The van der Waals surface area contributed by atoms with Crippen LogP contribution in [0.15, 0.2) is 18.2 Å². The number of aryl methyl sites for hydroxylation is 1. The van der Waals surface area contributed by atoms with Crippen molar-refractivity contribution in [3.8, 4) is 0 Å². The third-order valence-corrected chi connectivity index (χ3v) is 3.93. The number of rotatable bonds is 0. The van der Waals surface area contributed by atoms with Crippen molar-refractivity contribution in [2.24, 2.45) is 0 Å². The summed E-state index contributed by atoms with van der Waals surface area (Å²) in [6.45, 7) is 2.56. The highest BCUT2D eigenvalue weighted by Crippen LogP contribution is 2.37. The van der Waals surface area contributed by atoms with Crippen LogP contribution in [-0.4, -0.2) is 19.8 Å². The van der Waals surface area contributed by atoms with Gasteiger partial charge in [0.1, 0.15) is 0 Å². The molecule has 0 radical (unpaired) electrons. The van der Waals surface area contributed by atoms with Gasteiger partial charge in [0.25, 0.3) is 0 Å². The van der Waals surface area contributed by atoms with Crippen LogP contribution in [-0.2, 0) is 16.7 Å². The number of fused-ring (bicyclic) bond motifs is 2. The lowest BCUT2D eigenvalue weighted by Crippen LogP contribution is -2.53. The summed E-state index contributed by atoms with van der Waals surface area (Å²) >= 11 is 6.05. The van der Waals surface area contributed by atoms with Gasteiger partial charge in [0, 0.05) is 11.6 Å². The fraction of sp³-hybridized carbons (Fsp3) is 0.538. The zero-order valence-electron chi connectivity index (χ0n) is 9.26. The first-order chi connectivity index (χ1) is 7.80. The monoisotopic (exact) mass is 237 g/mol. The minimum Gasteiger partial charge on any atom is -0.378 e. The van der Waals surface area contributed by atoms with E-state index in [1.54, 1.807) is 0 Å². The predicted octanol–water partition coefficient (Wildman–Crippen LogP) is 2.49. The van der Waals surface area contributed by atoms with Gasteiger partial charge in [-0.25, -0.2) is 0 Å². The normalized spacial score (nSPS) is 29.1. The van der Waals surface area contributed by atoms with Crippen molar-refractivity contribution in [3.05, 3.63) is 34.3 Å². The van der Waals surface area contributed by atoms with Gasteiger partial charge in [-0.15, -0.1) is 0 Å². The van der Waals surface area contributed by atoms with Gasteiger partial charge < -0.3 is 10.1 Å². The molecule has 1 aliphatic heterocycles.